The molecule has 132 valence electrons. The minimum atomic E-state index is -1.50. The zero-order chi connectivity index (χ0) is 17.8. The Labute approximate surface area is 188 Å². The molecule has 0 aliphatic rings. The molecule has 11 nitrogen and oxygen atoms in total. The molecule has 2 N–H and O–H groups in total. The average Bonchev–Trinajstić information content (AvgIpc) is 2.40. The van der Waals surface area contributed by atoms with Gasteiger partial charge in [0.25, 0.3) is 0 Å². The average molecular weight is 380 g/mol. The first-order valence-electron chi connectivity index (χ1n) is 6.57. The maximum Gasteiger partial charge on any atom is 1.00 e. The Balaban J connectivity index is -0.00000242. The third kappa shape index (κ3) is 18.4. The van der Waals surface area contributed by atoms with Crippen LogP contribution in [0, 0.1) is 0 Å². The van der Waals surface area contributed by atoms with Crippen molar-refractivity contribution < 1.29 is 103 Å². The SMILES string of the molecule is O=C([O-])CN(CCN(CC(=O)O)CC(=O)OCCO)CC(=O)[O-].[Na+].[Na+]. The summed E-state index contributed by atoms with van der Waals surface area (Å²) in [5, 5.41) is 38.4. The van der Waals surface area contributed by atoms with Crippen LogP contribution in [0.15, 0.2) is 0 Å². The number of aliphatic carboxylic acids is 3. The maximum atomic E-state index is 11.4. The number of ether oxygens (including phenoxy) is 1. The second kappa shape index (κ2) is 17.2. The number of carboxylic acid groups (broad SMARTS) is 3. The summed E-state index contributed by atoms with van der Waals surface area (Å²) in [5.41, 5.74) is 0. The van der Waals surface area contributed by atoms with Gasteiger partial charge in [-0.05, 0) is 0 Å². The Morgan fingerprint density at radius 2 is 1.28 bits per heavy atom. The number of esters is 1. The molecule has 0 saturated carbocycles. The maximum absolute atomic E-state index is 11.4. The first-order chi connectivity index (χ1) is 10.7. The van der Waals surface area contributed by atoms with E-state index in [0.717, 1.165) is 9.80 Å². The Morgan fingerprint density at radius 1 is 0.840 bits per heavy atom. The predicted molar refractivity (Wildman–Crippen MR) is 68.6 cm³/mol. The van der Waals surface area contributed by atoms with Gasteiger partial charge in [0, 0.05) is 26.2 Å². The summed E-state index contributed by atoms with van der Waals surface area (Å²) in [7, 11) is 0. The van der Waals surface area contributed by atoms with E-state index < -0.39 is 50.1 Å². The van der Waals surface area contributed by atoms with Gasteiger partial charge in [-0.1, -0.05) is 0 Å². The van der Waals surface area contributed by atoms with Crippen LogP contribution in [0.25, 0.3) is 0 Å². The van der Waals surface area contributed by atoms with Crippen LogP contribution in [0.1, 0.15) is 0 Å². The second-order valence-corrected chi connectivity index (χ2v) is 4.50. The molecule has 0 fully saturated rings. The largest absolute Gasteiger partial charge is 1.00 e. The van der Waals surface area contributed by atoms with Crippen LogP contribution in [-0.4, -0.2) is 96.4 Å². The Morgan fingerprint density at radius 3 is 1.64 bits per heavy atom. The first kappa shape index (κ1) is 29.5. The summed E-state index contributed by atoms with van der Waals surface area (Å²) in [6, 6.07) is 0. The molecule has 25 heavy (non-hydrogen) atoms. The van der Waals surface area contributed by atoms with Crippen molar-refractivity contribution in [3.05, 3.63) is 0 Å². The van der Waals surface area contributed by atoms with E-state index in [1.807, 2.05) is 0 Å². The smallest absolute Gasteiger partial charge is 0.549 e. The van der Waals surface area contributed by atoms with Gasteiger partial charge in [0.1, 0.15) is 6.61 Å². The fraction of sp³-hybridized carbons (Fsp3) is 0.667. The van der Waals surface area contributed by atoms with E-state index in [0.29, 0.717) is 0 Å². The van der Waals surface area contributed by atoms with Crippen LogP contribution < -0.4 is 69.3 Å². The summed E-state index contributed by atoms with van der Waals surface area (Å²) in [6.45, 7) is -3.14. The van der Waals surface area contributed by atoms with Crippen molar-refractivity contribution in [2.45, 2.75) is 0 Å². The third-order valence-corrected chi connectivity index (χ3v) is 2.50. The van der Waals surface area contributed by atoms with Gasteiger partial charge in [-0.25, -0.2) is 0 Å². The fourth-order valence-corrected chi connectivity index (χ4v) is 1.66. The van der Waals surface area contributed by atoms with Gasteiger partial charge in [-0.3, -0.25) is 19.4 Å². The minimum absolute atomic E-state index is 0. The minimum Gasteiger partial charge on any atom is -0.549 e. The van der Waals surface area contributed by atoms with Gasteiger partial charge in [-0.15, -0.1) is 0 Å². The van der Waals surface area contributed by atoms with Gasteiger partial charge in [0.15, 0.2) is 0 Å². The van der Waals surface area contributed by atoms with E-state index in [4.69, 9.17) is 10.2 Å². The van der Waals surface area contributed by atoms with Crippen molar-refractivity contribution in [1.29, 1.82) is 0 Å². The first-order valence-corrected chi connectivity index (χ1v) is 6.57. The van der Waals surface area contributed by atoms with Gasteiger partial charge in [0.2, 0.25) is 0 Å². The number of carbonyl (C=O) groups is 4. The van der Waals surface area contributed by atoms with Crippen molar-refractivity contribution >= 4 is 23.9 Å². The molecule has 0 unspecified atom stereocenters. The number of carboxylic acids is 3. The monoisotopic (exact) mass is 380 g/mol. The zero-order valence-corrected chi connectivity index (χ0v) is 18.3. The van der Waals surface area contributed by atoms with Crippen LogP contribution in [0.5, 0.6) is 0 Å². The van der Waals surface area contributed by atoms with Crippen molar-refractivity contribution in [3.8, 4) is 0 Å². The summed E-state index contributed by atoms with van der Waals surface area (Å²) >= 11 is 0. The summed E-state index contributed by atoms with van der Waals surface area (Å²) in [4.78, 5) is 45.3. The molecule has 0 spiro atoms. The molecule has 0 aliphatic heterocycles. The molecule has 13 heteroatoms. The molecular formula is C12H18N2Na2O9. The molecule has 0 heterocycles. The third-order valence-electron chi connectivity index (χ3n) is 2.50. The normalized spacial score (nSPS) is 9.88. The van der Waals surface area contributed by atoms with Gasteiger partial charge in [0.05, 0.1) is 31.6 Å². The molecule has 0 bridgehead atoms. The number of carbonyl (C=O) groups excluding carboxylic acids is 3. The van der Waals surface area contributed by atoms with E-state index in [1.165, 1.54) is 0 Å². The van der Waals surface area contributed by atoms with Gasteiger partial charge >= 0.3 is 71.1 Å². The molecule has 0 aliphatic carbocycles. The van der Waals surface area contributed by atoms with Gasteiger partial charge < -0.3 is 34.8 Å². The quantitative estimate of drug-likeness (QED) is 0.230. The molecular weight excluding hydrogens is 362 g/mol. The van der Waals surface area contributed by atoms with E-state index in [-0.39, 0.29) is 85.4 Å². The Kier molecular flexibility index (Phi) is 20.3. The van der Waals surface area contributed by atoms with Crippen LogP contribution >= 0.6 is 0 Å². The fourth-order valence-electron chi connectivity index (χ4n) is 1.66. The Hall–Kier alpha value is -0.240. The van der Waals surface area contributed by atoms with Crippen LogP contribution in [0.3, 0.4) is 0 Å². The summed E-state index contributed by atoms with van der Waals surface area (Å²) < 4.78 is 4.59. The van der Waals surface area contributed by atoms with Crippen molar-refractivity contribution in [2.24, 2.45) is 0 Å². The molecule has 0 rings (SSSR count). The van der Waals surface area contributed by atoms with Crippen molar-refractivity contribution in [3.63, 3.8) is 0 Å². The molecule has 0 atom stereocenters. The van der Waals surface area contributed by atoms with E-state index in [9.17, 15) is 29.4 Å². The van der Waals surface area contributed by atoms with E-state index >= 15 is 0 Å². The molecule has 0 aromatic carbocycles. The zero-order valence-electron chi connectivity index (χ0n) is 14.3. The number of hydrogen-bond donors (Lipinski definition) is 2. The predicted octanol–water partition coefficient (Wildman–Crippen LogP) is -11.3. The van der Waals surface area contributed by atoms with Crippen molar-refractivity contribution in [1.82, 2.24) is 9.80 Å². The topological polar surface area (TPSA) is 171 Å². The molecule has 0 saturated heterocycles. The number of nitrogens with zero attached hydrogens (tertiary/aromatic N) is 2. The van der Waals surface area contributed by atoms with Crippen LogP contribution in [0.2, 0.25) is 0 Å². The van der Waals surface area contributed by atoms with Crippen LogP contribution in [0.4, 0.5) is 0 Å². The van der Waals surface area contributed by atoms with Crippen LogP contribution in [-0.2, 0) is 23.9 Å². The van der Waals surface area contributed by atoms with Gasteiger partial charge in [-0.2, -0.15) is 0 Å². The summed E-state index contributed by atoms with van der Waals surface area (Å²) in [5.74, 6) is -5.00. The number of aliphatic hydroxyl groups excluding tert-OH is 1. The van der Waals surface area contributed by atoms with E-state index in [2.05, 4.69) is 4.74 Å². The number of hydrogen-bond acceptors (Lipinski definition) is 10. The van der Waals surface area contributed by atoms with Crippen molar-refractivity contribution in [2.75, 3.05) is 52.5 Å². The number of aliphatic hydroxyl groups is 1. The molecule has 0 aromatic heterocycles. The molecule has 0 amide bonds. The molecule has 0 radical (unpaired) electrons. The molecule has 0 aromatic rings. The standard InChI is InChI=1S/C12H20N2O9.2Na/c15-3-4-23-12(22)8-14(7-11(20)21)2-1-13(5-9(16)17)6-10(18)19;;/h15H,1-8H2,(H,16,17)(H,18,19)(H,20,21);;/q;2*+1/p-2. The second-order valence-electron chi connectivity index (χ2n) is 4.50. The Bertz CT molecular complexity index is 421. The van der Waals surface area contributed by atoms with E-state index in [1.54, 1.807) is 0 Å². The summed E-state index contributed by atoms with van der Waals surface area (Å²) in [6.07, 6.45) is 0. The number of rotatable bonds is 13.